The van der Waals surface area contributed by atoms with Gasteiger partial charge < -0.3 is 35.3 Å². The first kappa shape index (κ1) is 51.0. The highest BCUT2D eigenvalue weighted by Gasteiger charge is 2.54. The molecular weight excluding hydrogens is 917 g/mol. The Morgan fingerprint density at radius 3 is 1.61 bits per heavy atom. The molecule has 386 valence electrons. The van der Waals surface area contributed by atoms with Crippen molar-refractivity contribution in [3.8, 4) is 0 Å². The molecule has 6 amide bonds. The largest absolute Gasteiger partial charge is 0.396 e. The zero-order valence-corrected chi connectivity index (χ0v) is 42.7. The van der Waals surface area contributed by atoms with Crippen molar-refractivity contribution < 1.29 is 33.9 Å². The maximum absolute atomic E-state index is 12.8. The quantitative estimate of drug-likeness (QED) is 0.353. The molecule has 5 unspecified atom stereocenters. The average Bonchev–Trinajstić information content (AvgIpc) is 4.17. The molecule has 19 nitrogen and oxygen atoms in total. The molecule has 9 heterocycles. The van der Waals surface area contributed by atoms with Gasteiger partial charge in [-0.2, -0.15) is 15.3 Å². The second-order valence-corrected chi connectivity index (χ2v) is 21.4. The number of fused-ring (bicyclic) bond motifs is 6. The summed E-state index contributed by atoms with van der Waals surface area (Å²) >= 11 is 0. The molecule has 0 bridgehead atoms. The van der Waals surface area contributed by atoms with E-state index in [1.165, 1.54) is 40.7 Å². The number of nitrogens with zero attached hydrogens (tertiary/aromatic N) is 10. The van der Waals surface area contributed by atoms with Crippen LogP contribution in [0.1, 0.15) is 81.8 Å². The molecule has 19 heteroatoms. The number of aliphatic hydroxyl groups is 1. The van der Waals surface area contributed by atoms with Gasteiger partial charge in [0.15, 0.2) is 0 Å². The molecular formula is C53H72N12O7. The van der Waals surface area contributed by atoms with Crippen LogP contribution in [-0.4, -0.2) is 183 Å². The third-order valence-corrected chi connectivity index (χ3v) is 16.7. The summed E-state index contributed by atoms with van der Waals surface area (Å²) in [5, 5.41) is 33.0. The molecule has 2 aromatic rings. The summed E-state index contributed by atoms with van der Waals surface area (Å²) in [6.07, 6.45) is 11.0. The molecule has 10 aliphatic rings. The van der Waals surface area contributed by atoms with E-state index in [1.54, 1.807) is 21.1 Å². The molecule has 1 saturated carbocycles. The molecule has 3 N–H and O–H groups in total. The van der Waals surface area contributed by atoms with Gasteiger partial charge >= 0.3 is 0 Å². The Hall–Kier alpha value is -5.89. The summed E-state index contributed by atoms with van der Waals surface area (Å²) in [6.45, 7) is 5.82. The molecule has 72 heavy (non-hydrogen) atoms. The topological polar surface area (TPSA) is 206 Å². The van der Waals surface area contributed by atoms with E-state index in [0.29, 0.717) is 76.8 Å². The molecule has 5 atom stereocenters. The van der Waals surface area contributed by atoms with Gasteiger partial charge in [0.05, 0.1) is 30.0 Å². The van der Waals surface area contributed by atoms with E-state index in [4.69, 9.17) is 5.11 Å². The lowest BCUT2D eigenvalue weighted by molar-refractivity contribution is -0.137. The molecule has 0 aromatic heterocycles. The first-order valence-electron chi connectivity index (χ1n) is 25.9. The number of aliphatic hydroxyl groups excluding tert-OH is 1. The zero-order valence-electron chi connectivity index (χ0n) is 42.7. The van der Waals surface area contributed by atoms with Gasteiger partial charge in [0.2, 0.25) is 17.7 Å². The predicted octanol–water partition coefficient (Wildman–Crippen LogP) is 2.47. The lowest BCUT2D eigenvalue weighted by atomic mass is 9.75. The van der Waals surface area contributed by atoms with Gasteiger partial charge in [0.25, 0.3) is 17.7 Å². The fraction of sp³-hybridized carbons (Fsp3) is 0.604. The molecule has 12 rings (SSSR count). The molecule has 5 fully saturated rings. The molecule has 9 aliphatic heterocycles. The number of piperidine rings is 3. The number of para-hydroxylation sites is 2. The Morgan fingerprint density at radius 2 is 1.08 bits per heavy atom. The van der Waals surface area contributed by atoms with Crippen molar-refractivity contribution in [1.82, 2.24) is 35.5 Å². The number of nitrogens with one attached hydrogen (secondary N) is 2. The monoisotopic (exact) mass is 989 g/mol. The van der Waals surface area contributed by atoms with Crippen LogP contribution in [0, 0.1) is 22.2 Å². The van der Waals surface area contributed by atoms with Gasteiger partial charge in [0, 0.05) is 123 Å². The summed E-state index contributed by atoms with van der Waals surface area (Å²) < 4.78 is 0. The summed E-state index contributed by atoms with van der Waals surface area (Å²) in [5.41, 5.74) is 5.31. The van der Waals surface area contributed by atoms with Crippen LogP contribution in [0.15, 0.2) is 63.8 Å². The van der Waals surface area contributed by atoms with E-state index < -0.39 is 16.2 Å². The van der Waals surface area contributed by atoms with Crippen LogP contribution in [0.25, 0.3) is 0 Å². The smallest absolute Gasteiger partial charge is 0.255 e. The highest BCUT2D eigenvalue weighted by Crippen LogP contribution is 2.41. The van der Waals surface area contributed by atoms with Gasteiger partial charge in [-0.1, -0.05) is 49.2 Å². The van der Waals surface area contributed by atoms with Crippen molar-refractivity contribution in [2.75, 3.05) is 104 Å². The van der Waals surface area contributed by atoms with Crippen molar-refractivity contribution in [1.29, 1.82) is 0 Å². The van der Waals surface area contributed by atoms with Crippen molar-refractivity contribution in [3.63, 3.8) is 0 Å². The van der Waals surface area contributed by atoms with E-state index in [2.05, 4.69) is 35.7 Å². The Kier molecular flexibility index (Phi) is 14.8. The lowest BCUT2D eigenvalue weighted by Gasteiger charge is -2.38. The van der Waals surface area contributed by atoms with Gasteiger partial charge in [-0.3, -0.25) is 28.8 Å². The SMILES string of the molecule is CN1CCC2=NN(C)C(=O)C2(CCN2C(=O)Cc3ccccc32)C1.CN1CCC2=NN(C)C(=O)C2(CCO)C1.CN1N=C2CCNCC2(CCN2C(=O)Cc3ccccc32)C1=O.O=C1CC2CCCCC2N1. The number of carbonyl (C=O) groups excluding carboxylic acids is 6. The Balaban J connectivity index is 0.000000124. The number of hydrogen-bond donors (Lipinski definition) is 3. The summed E-state index contributed by atoms with van der Waals surface area (Å²) in [4.78, 5) is 81.1. The molecule has 0 radical (unpaired) electrons. The molecule has 1 aliphatic carbocycles. The van der Waals surface area contributed by atoms with Crippen LogP contribution in [0.2, 0.25) is 0 Å². The van der Waals surface area contributed by atoms with Crippen LogP contribution in [0.3, 0.4) is 0 Å². The minimum absolute atomic E-state index is 0.0260. The van der Waals surface area contributed by atoms with E-state index in [9.17, 15) is 28.8 Å². The number of amides is 6. The maximum atomic E-state index is 12.8. The number of hydrazone groups is 3. The highest BCUT2D eigenvalue weighted by atomic mass is 16.3. The third kappa shape index (κ3) is 9.60. The van der Waals surface area contributed by atoms with Crippen LogP contribution in [0.4, 0.5) is 11.4 Å². The van der Waals surface area contributed by atoms with Crippen LogP contribution < -0.4 is 20.4 Å². The van der Waals surface area contributed by atoms with Gasteiger partial charge in [-0.05, 0) is 75.4 Å². The molecule has 4 saturated heterocycles. The number of likely N-dealkylation sites (tertiary alicyclic amines) is 2. The van der Waals surface area contributed by atoms with E-state index in [0.717, 1.165) is 85.0 Å². The standard InChI is InChI=1S/C18H22N4O2.C17H20N4O2.C10H17N3O2.C8H13NO/c1-20-9-7-15-18(12-20,17(24)21(2)19-15)8-10-22-14-6-4-3-5-13(14)11-16(22)23;1-20-16(23)17(11-18-8-6-14(17)19-20)7-9-21-13-5-3-2-4-12(13)10-15(21)22;1-12-5-3-8-10(7-12,4-6-14)9(15)13(2)11-8;10-8-5-6-3-1-2-4-7(6)9-8/h3-6H,7-12H2,1-2H3;2-5,18H,6-11H2,1H3;14H,3-7H2,1-2H3;6-7H,1-5H2,(H,9,10). The number of rotatable bonds is 8. The van der Waals surface area contributed by atoms with Gasteiger partial charge in [-0.25, -0.2) is 15.0 Å². The van der Waals surface area contributed by atoms with Crippen LogP contribution in [0.5, 0.6) is 0 Å². The third-order valence-electron chi connectivity index (χ3n) is 16.7. The van der Waals surface area contributed by atoms with Crippen molar-refractivity contribution >= 4 is 64.0 Å². The molecule has 0 spiro atoms. The first-order chi connectivity index (χ1) is 34.6. The van der Waals surface area contributed by atoms with Crippen LogP contribution in [-0.2, 0) is 41.6 Å². The van der Waals surface area contributed by atoms with Crippen molar-refractivity contribution in [3.05, 3.63) is 59.7 Å². The normalized spacial score (nSPS) is 29.4. The summed E-state index contributed by atoms with van der Waals surface area (Å²) in [5.74, 6) is 1.32. The minimum atomic E-state index is -0.579. The van der Waals surface area contributed by atoms with Crippen molar-refractivity contribution in [2.24, 2.45) is 37.5 Å². The van der Waals surface area contributed by atoms with Crippen molar-refractivity contribution in [2.45, 2.75) is 89.5 Å². The summed E-state index contributed by atoms with van der Waals surface area (Å²) in [6, 6.07) is 16.3. The molecule has 2 aromatic carbocycles. The number of benzene rings is 2. The Labute approximate surface area is 422 Å². The Bertz CT molecular complexity index is 2550. The highest BCUT2D eigenvalue weighted by molar-refractivity contribution is 6.15. The summed E-state index contributed by atoms with van der Waals surface area (Å²) in [7, 11) is 9.17. The minimum Gasteiger partial charge on any atom is -0.396 e. The fourth-order valence-corrected chi connectivity index (χ4v) is 12.9. The van der Waals surface area contributed by atoms with Gasteiger partial charge in [-0.15, -0.1) is 0 Å². The first-order valence-corrected chi connectivity index (χ1v) is 25.9. The van der Waals surface area contributed by atoms with Crippen LogP contribution >= 0.6 is 0 Å². The number of carbonyl (C=O) groups is 6. The average molecular weight is 989 g/mol. The Morgan fingerprint density at radius 1 is 0.611 bits per heavy atom. The number of anilines is 2. The zero-order chi connectivity index (χ0) is 51.0. The van der Waals surface area contributed by atoms with E-state index >= 15 is 0 Å². The number of hydrogen-bond acceptors (Lipinski definition) is 13. The second-order valence-electron chi connectivity index (χ2n) is 21.4. The second kappa shape index (κ2) is 20.9. The van der Waals surface area contributed by atoms with Gasteiger partial charge in [0.1, 0.15) is 16.2 Å². The van der Waals surface area contributed by atoms with E-state index in [1.807, 2.05) is 72.4 Å². The predicted molar refractivity (Wildman–Crippen MR) is 274 cm³/mol. The maximum Gasteiger partial charge on any atom is 0.255 e. The van der Waals surface area contributed by atoms with E-state index in [-0.39, 0.29) is 42.0 Å². The fourth-order valence-electron chi connectivity index (χ4n) is 12.9. The lowest BCUT2D eigenvalue weighted by Crippen LogP contribution is -2.53.